The van der Waals surface area contributed by atoms with E-state index in [9.17, 15) is 4.79 Å². The predicted octanol–water partition coefficient (Wildman–Crippen LogP) is 2.35. The quantitative estimate of drug-likeness (QED) is 0.843. The van der Waals surface area contributed by atoms with Gasteiger partial charge in [-0.25, -0.2) is 0 Å². The van der Waals surface area contributed by atoms with Gasteiger partial charge in [0.2, 0.25) is 0 Å². The maximum Gasteiger partial charge on any atom is 0.251 e. The molecule has 1 aliphatic rings. The number of thioether (sulfide) groups is 1. The van der Waals surface area contributed by atoms with Gasteiger partial charge < -0.3 is 10.4 Å². The van der Waals surface area contributed by atoms with E-state index in [-0.39, 0.29) is 18.6 Å². The van der Waals surface area contributed by atoms with Crippen molar-refractivity contribution in [2.24, 2.45) is 0 Å². The van der Waals surface area contributed by atoms with Gasteiger partial charge in [-0.3, -0.25) is 4.79 Å². The molecule has 0 heterocycles. The van der Waals surface area contributed by atoms with Crippen LogP contribution in [0.5, 0.6) is 0 Å². The van der Waals surface area contributed by atoms with Gasteiger partial charge in [0.15, 0.2) is 0 Å². The van der Waals surface area contributed by atoms with Crippen molar-refractivity contribution in [1.29, 1.82) is 0 Å². The molecule has 2 N–H and O–H groups in total. The number of aliphatic hydroxyl groups excluding tert-OH is 1. The Kier molecular flexibility index (Phi) is 5.72. The Morgan fingerprint density at radius 3 is 2.95 bits per heavy atom. The second-order valence-electron chi connectivity index (χ2n) is 5.33. The maximum absolute atomic E-state index is 12.4. The van der Waals surface area contributed by atoms with E-state index in [4.69, 9.17) is 5.11 Å². The van der Waals surface area contributed by atoms with E-state index < -0.39 is 0 Å². The van der Waals surface area contributed by atoms with Crippen LogP contribution in [0.15, 0.2) is 18.2 Å². The first-order chi connectivity index (χ1) is 10.1. The molecule has 4 heteroatoms. The van der Waals surface area contributed by atoms with Crippen molar-refractivity contribution in [2.75, 3.05) is 12.9 Å². The molecular weight excluding hydrogens is 282 g/mol. The van der Waals surface area contributed by atoms with Crippen LogP contribution in [-0.2, 0) is 0 Å². The third-order valence-electron chi connectivity index (χ3n) is 3.85. The van der Waals surface area contributed by atoms with Crippen LogP contribution < -0.4 is 5.32 Å². The summed E-state index contributed by atoms with van der Waals surface area (Å²) in [5.41, 5.74) is 2.38. The zero-order chi connectivity index (χ0) is 15.2. The number of amides is 1. The van der Waals surface area contributed by atoms with Gasteiger partial charge in [0.05, 0.1) is 0 Å². The zero-order valence-electron chi connectivity index (χ0n) is 12.5. The molecular formula is C17H21NO2S. The predicted molar refractivity (Wildman–Crippen MR) is 87.6 cm³/mol. The number of rotatable bonds is 3. The molecule has 0 radical (unpaired) electrons. The van der Waals surface area contributed by atoms with Crippen LogP contribution in [0.25, 0.3) is 0 Å². The zero-order valence-corrected chi connectivity index (χ0v) is 13.3. The standard InChI is InChI=1S/C17H21NO2S/c1-12-5-6-13(4-3-9-19)10-16(12)17(20)18-14-7-8-15(11-14)21-2/h5-6,10,14-15,19H,7-9,11H2,1-2H3,(H,18,20). The molecule has 1 saturated carbocycles. The van der Waals surface area contributed by atoms with Crippen LogP contribution in [-0.4, -0.2) is 35.2 Å². The fourth-order valence-corrected chi connectivity index (χ4v) is 3.43. The second-order valence-corrected chi connectivity index (χ2v) is 6.47. The Bertz CT molecular complexity index is 574. The Morgan fingerprint density at radius 2 is 2.29 bits per heavy atom. The highest BCUT2D eigenvalue weighted by atomic mass is 32.2. The first-order valence-corrected chi connectivity index (χ1v) is 8.47. The lowest BCUT2D eigenvalue weighted by Gasteiger charge is -2.14. The summed E-state index contributed by atoms with van der Waals surface area (Å²) in [4.78, 5) is 12.4. The van der Waals surface area contributed by atoms with Crippen molar-refractivity contribution in [3.05, 3.63) is 34.9 Å². The molecule has 1 aromatic carbocycles. The second kappa shape index (κ2) is 7.53. The minimum absolute atomic E-state index is 0.0214. The average Bonchev–Trinajstić information content (AvgIpc) is 2.94. The summed E-state index contributed by atoms with van der Waals surface area (Å²) in [7, 11) is 0. The molecule has 112 valence electrons. The molecule has 0 aromatic heterocycles. The molecule has 2 rings (SSSR count). The van der Waals surface area contributed by atoms with Crippen molar-refractivity contribution in [2.45, 2.75) is 37.5 Å². The van der Waals surface area contributed by atoms with Crippen LogP contribution in [0.1, 0.15) is 40.7 Å². The van der Waals surface area contributed by atoms with Crippen LogP contribution in [0, 0.1) is 18.8 Å². The fourth-order valence-electron chi connectivity index (χ4n) is 2.63. The van der Waals surface area contributed by atoms with E-state index in [2.05, 4.69) is 23.4 Å². The molecule has 1 aliphatic carbocycles. The first-order valence-electron chi connectivity index (χ1n) is 7.18. The normalized spacial score (nSPS) is 20.7. The summed E-state index contributed by atoms with van der Waals surface area (Å²) in [6.07, 6.45) is 5.41. The smallest absolute Gasteiger partial charge is 0.251 e. The lowest BCUT2D eigenvalue weighted by molar-refractivity contribution is 0.0937. The third-order valence-corrected chi connectivity index (χ3v) is 4.94. The van der Waals surface area contributed by atoms with E-state index in [0.717, 1.165) is 24.0 Å². The summed E-state index contributed by atoms with van der Waals surface area (Å²) in [5, 5.41) is 12.5. The van der Waals surface area contributed by atoms with E-state index in [0.29, 0.717) is 10.8 Å². The van der Waals surface area contributed by atoms with Crippen LogP contribution in [0.4, 0.5) is 0 Å². The Balaban J connectivity index is 2.08. The molecule has 3 nitrogen and oxygen atoms in total. The first kappa shape index (κ1) is 15.9. The Hall–Kier alpha value is -1.44. The molecule has 1 aromatic rings. The maximum atomic E-state index is 12.4. The summed E-state index contributed by atoms with van der Waals surface area (Å²) in [6.45, 7) is 1.76. The highest BCUT2D eigenvalue weighted by molar-refractivity contribution is 7.99. The summed E-state index contributed by atoms with van der Waals surface area (Å²) in [6, 6.07) is 5.85. The Morgan fingerprint density at radius 1 is 1.48 bits per heavy atom. The van der Waals surface area contributed by atoms with Crippen molar-refractivity contribution < 1.29 is 9.90 Å². The van der Waals surface area contributed by atoms with Crippen LogP contribution >= 0.6 is 11.8 Å². The lowest BCUT2D eigenvalue weighted by atomic mass is 10.0. The van der Waals surface area contributed by atoms with Gasteiger partial charge in [-0.15, -0.1) is 0 Å². The Labute approximate surface area is 130 Å². The molecule has 0 spiro atoms. The summed E-state index contributed by atoms with van der Waals surface area (Å²) < 4.78 is 0. The minimum atomic E-state index is -0.173. The van der Waals surface area contributed by atoms with E-state index in [1.807, 2.05) is 30.8 Å². The SMILES string of the molecule is CSC1CCC(NC(=O)c2cc(C#CCO)ccc2C)C1. The van der Waals surface area contributed by atoms with Crippen LogP contribution in [0.3, 0.4) is 0 Å². The molecule has 21 heavy (non-hydrogen) atoms. The molecule has 0 bridgehead atoms. The number of benzene rings is 1. The number of nitrogens with one attached hydrogen (secondary N) is 1. The van der Waals surface area contributed by atoms with Crippen molar-refractivity contribution in [3.8, 4) is 11.8 Å². The van der Waals surface area contributed by atoms with Crippen LogP contribution in [0.2, 0.25) is 0 Å². The average molecular weight is 303 g/mol. The molecule has 1 fully saturated rings. The molecule has 0 aliphatic heterocycles. The number of carbonyl (C=O) groups is 1. The van der Waals surface area contributed by atoms with Gasteiger partial charge in [-0.05, 0) is 50.1 Å². The van der Waals surface area contributed by atoms with Gasteiger partial charge in [0, 0.05) is 22.4 Å². The molecule has 2 unspecified atom stereocenters. The van der Waals surface area contributed by atoms with Gasteiger partial charge in [-0.2, -0.15) is 11.8 Å². The lowest BCUT2D eigenvalue weighted by Crippen LogP contribution is -2.33. The van der Waals surface area contributed by atoms with Crippen molar-refractivity contribution in [1.82, 2.24) is 5.32 Å². The minimum Gasteiger partial charge on any atom is -0.384 e. The number of carbonyl (C=O) groups excluding carboxylic acids is 1. The monoisotopic (exact) mass is 303 g/mol. The number of hydrogen-bond donors (Lipinski definition) is 2. The van der Waals surface area contributed by atoms with Gasteiger partial charge in [-0.1, -0.05) is 17.9 Å². The molecule has 1 amide bonds. The topological polar surface area (TPSA) is 49.3 Å². The fraction of sp³-hybridized carbons (Fsp3) is 0.471. The van der Waals surface area contributed by atoms with Crippen molar-refractivity contribution >= 4 is 17.7 Å². The van der Waals surface area contributed by atoms with Gasteiger partial charge in [0.1, 0.15) is 6.61 Å². The largest absolute Gasteiger partial charge is 0.384 e. The highest BCUT2D eigenvalue weighted by Gasteiger charge is 2.25. The molecule has 2 atom stereocenters. The number of aryl methyl sites for hydroxylation is 1. The number of aliphatic hydroxyl groups is 1. The van der Waals surface area contributed by atoms with E-state index in [1.165, 1.54) is 6.42 Å². The van der Waals surface area contributed by atoms with E-state index in [1.54, 1.807) is 6.07 Å². The summed E-state index contributed by atoms with van der Waals surface area (Å²) >= 11 is 1.88. The third kappa shape index (κ3) is 4.26. The van der Waals surface area contributed by atoms with Crippen molar-refractivity contribution in [3.63, 3.8) is 0 Å². The molecule has 0 saturated heterocycles. The van der Waals surface area contributed by atoms with Gasteiger partial charge in [0.25, 0.3) is 5.91 Å². The summed E-state index contributed by atoms with van der Waals surface area (Å²) in [5.74, 6) is 5.43. The van der Waals surface area contributed by atoms with E-state index >= 15 is 0 Å². The number of hydrogen-bond acceptors (Lipinski definition) is 3. The highest BCUT2D eigenvalue weighted by Crippen LogP contribution is 2.28. The van der Waals surface area contributed by atoms with Gasteiger partial charge >= 0.3 is 0 Å².